The Balaban J connectivity index is 0.892. The van der Waals surface area contributed by atoms with Crippen molar-refractivity contribution >= 4 is 24.7 Å². The molecule has 56 heavy (non-hydrogen) atoms. The van der Waals surface area contributed by atoms with E-state index < -0.39 is 14.4 Å². The third-order valence-electron chi connectivity index (χ3n) is 10.2. The third-order valence-corrected chi connectivity index (χ3v) is 15.2. The second-order valence-corrected chi connectivity index (χ2v) is 19.6. The van der Waals surface area contributed by atoms with Crippen molar-refractivity contribution in [2.75, 3.05) is 32.8 Å². The van der Waals surface area contributed by atoms with E-state index in [2.05, 4.69) is 92.1 Å². The smallest absolute Gasteiger partial charge is 0.319 e. The molecule has 0 spiro atoms. The van der Waals surface area contributed by atoms with Crippen LogP contribution >= 0.6 is 0 Å². The van der Waals surface area contributed by atoms with Crippen LogP contribution < -0.4 is 34.9 Å². The Kier molecular flexibility index (Phi) is 13.8. The minimum Gasteiger partial charge on any atom is -0.534 e. The van der Waals surface area contributed by atoms with Gasteiger partial charge < -0.3 is 34.5 Å². The van der Waals surface area contributed by atoms with Crippen LogP contribution in [0.25, 0.3) is 0 Å². The summed E-state index contributed by atoms with van der Waals surface area (Å²) in [5.74, 6) is 1.99. The van der Waals surface area contributed by atoms with E-state index in [1.807, 2.05) is 48.5 Å². The number of piperidine rings is 1. The second-order valence-electron chi connectivity index (χ2n) is 15.4. The van der Waals surface area contributed by atoms with Crippen molar-refractivity contribution < 1.29 is 28.2 Å². The van der Waals surface area contributed by atoms with Crippen LogP contribution in [0.2, 0.25) is 5.04 Å². The molecule has 1 fully saturated rings. The molecule has 0 aromatic heterocycles. The van der Waals surface area contributed by atoms with Gasteiger partial charge in [-0.25, -0.2) is 9.18 Å². The van der Waals surface area contributed by atoms with Gasteiger partial charge in [0, 0.05) is 39.0 Å². The van der Waals surface area contributed by atoms with Crippen LogP contribution in [-0.4, -0.2) is 69.3 Å². The standard InChI is InChI=1S/C46H54FN3O5Si/c1-46(2,3)56(43-10-6-4-7-11-43,44-12-8-5-9-13-44)55-42-24-22-39(23-25-42)53-34-38(51)33-48-29-26-35-16-20-40(21-17-35)54-41-27-30-50(31-28-41)45(52)49-32-36-14-18-37(47)19-15-36/h4-25,38,41,48,51H,26-34H2,1-3H3,(H,49,52)/t38-/m0/s1. The minimum atomic E-state index is -2.73. The molecule has 1 saturated heterocycles. The van der Waals surface area contributed by atoms with Gasteiger partial charge in [0.05, 0.1) is 0 Å². The Morgan fingerprint density at radius 3 is 1.93 bits per heavy atom. The summed E-state index contributed by atoms with van der Waals surface area (Å²) in [7, 11) is -2.73. The Morgan fingerprint density at radius 1 is 0.786 bits per heavy atom. The highest BCUT2D eigenvalue weighted by Crippen LogP contribution is 2.38. The molecule has 0 bridgehead atoms. The summed E-state index contributed by atoms with van der Waals surface area (Å²) in [4.78, 5) is 14.4. The van der Waals surface area contributed by atoms with Crippen molar-refractivity contribution in [3.8, 4) is 17.2 Å². The van der Waals surface area contributed by atoms with Gasteiger partial charge in [-0.2, -0.15) is 0 Å². The van der Waals surface area contributed by atoms with Crippen LogP contribution in [0.1, 0.15) is 44.7 Å². The minimum absolute atomic E-state index is 0.0486. The normalized spacial score (nSPS) is 14.2. The van der Waals surface area contributed by atoms with Gasteiger partial charge in [-0.15, -0.1) is 0 Å². The fraction of sp³-hybridized carbons (Fsp3) is 0.326. The fourth-order valence-corrected chi connectivity index (χ4v) is 11.6. The Labute approximate surface area is 331 Å². The predicted molar refractivity (Wildman–Crippen MR) is 223 cm³/mol. The van der Waals surface area contributed by atoms with Gasteiger partial charge in [0.15, 0.2) is 0 Å². The van der Waals surface area contributed by atoms with Gasteiger partial charge in [0.25, 0.3) is 0 Å². The van der Waals surface area contributed by atoms with Crippen molar-refractivity contribution in [1.29, 1.82) is 0 Å². The van der Waals surface area contributed by atoms with E-state index >= 15 is 0 Å². The fourth-order valence-electron chi connectivity index (χ4n) is 7.18. The lowest BCUT2D eigenvalue weighted by Crippen LogP contribution is -2.68. The van der Waals surface area contributed by atoms with Gasteiger partial charge in [0.2, 0.25) is 0 Å². The van der Waals surface area contributed by atoms with Crippen molar-refractivity contribution in [2.45, 2.75) is 63.8 Å². The molecule has 1 heterocycles. The maximum atomic E-state index is 13.1. The van der Waals surface area contributed by atoms with Gasteiger partial charge in [-0.1, -0.05) is 106 Å². The monoisotopic (exact) mass is 775 g/mol. The molecule has 0 saturated carbocycles. The first kappa shape index (κ1) is 40.5. The average molecular weight is 776 g/mol. The summed E-state index contributed by atoms with van der Waals surface area (Å²) < 4.78 is 32.4. The van der Waals surface area contributed by atoms with Crippen LogP contribution in [0.3, 0.4) is 0 Å². The Bertz CT molecular complexity index is 1900. The van der Waals surface area contributed by atoms with Crippen LogP contribution in [0.4, 0.5) is 9.18 Å². The molecule has 0 radical (unpaired) electrons. The molecule has 6 rings (SSSR count). The maximum absolute atomic E-state index is 13.1. The van der Waals surface area contributed by atoms with E-state index in [1.54, 1.807) is 17.0 Å². The van der Waals surface area contributed by atoms with Crippen LogP contribution in [0, 0.1) is 5.82 Å². The summed E-state index contributed by atoms with van der Waals surface area (Å²) >= 11 is 0. The number of carbonyl (C=O) groups is 1. The van der Waals surface area contributed by atoms with Gasteiger partial charge in [-0.05, 0) is 88.0 Å². The van der Waals surface area contributed by atoms with E-state index in [0.717, 1.165) is 36.3 Å². The van der Waals surface area contributed by atoms with Crippen LogP contribution in [0.15, 0.2) is 133 Å². The zero-order valence-corrected chi connectivity index (χ0v) is 33.6. The van der Waals surface area contributed by atoms with Crippen molar-refractivity contribution in [1.82, 2.24) is 15.5 Å². The first-order valence-electron chi connectivity index (χ1n) is 19.5. The summed E-state index contributed by atoms with van der Waals surface area (Å²) in [5.41, 5.74) is 2.03. The largest absolute Gasteiger partial charge is 0.534 e. The molecule has 3 N–H and O–H groups in total. The maximum Gasteiger partial charge on any atom is 0.319 e. The molecule has 8 nitrogen and oxygen atoms in total. The molecule has 294 valence electrons. The number of carbonyl (C=O) groups excluding carboxylic acids is 1. The molecule has 1 aliphatic heterocycles. The lowest BCUT2D eigenvalue weighted by atomic mass is 10.1. The van der Waals surface area contributed by atoms with E-state index in [0.29, 0.717) is 38.5 Å². The topological polar surface area (TPSA) is 92.3 Å². The number of likely N-dealkylation sites (tertiary alicyclic amines) is 1. The van der Waals surface area contributed by atoms with E-state index in [9.17, 15) is 14.3 Å². The van der Waals surface area contributed by atoms with E-state index in [4.69, 9.17) is 13.9 Å². The molecule has 0 aliphatic carbocycles. The predicted octanol–water partition coefficient (Wildman–Crippen LogP) is 7.09. The number of rotatable bonds is 16. The number of hydrogen-bond donors (Lipinski definition) is 3. The van der Waals surface area contributed by atoms with Crippen molar-refractivity contribution in [2.24, 2.45) is 0 Å². The van der Waals surface area contributed by atoms with Crippen LogP contribution in [-0.2, 0) is 13.0 Å². The summed E-state index contributed by atoms with van der Waals surface area (Å²) in [5, 5.41) is 19.2. The Hall–Kier alpha value is -5.16. The molecule has 1 aliphatic rings. The molecule has 2 amide bonds. The molecular formula is C46H54FN3O5Si. The van der Waals surface area contributed by atoms with E-state index in [1.165, 1.54) is 28.1 Å². The number of aliphatic hydroxyl groups excluding tert-OH is 1. The van der Waals surface area contributed by atoms with E-state index in [-0.39, 0.29) is 29.6 Å². The summed E-state index contributed by atoms with van der Waals surface area (Å²) in [6.45, 7) is 9.69. The number of nitrogens with one attached hydrogen (secondary N) is 2. The quantitative estimate of drug-likeness (QED) is 0.0733. The third kappa shape index (κ3) is 10.8. The van der Waals surface area contributed by atoms with Gasteiger partial charge in [-0.3, -0.25) is 0 Å². The summed E-state index contributed by atoms with van der Waals surface area (Å²) in [6, 6.07) is 43.0. The molecule has 5 aromatic rings. The highest BCUT2D eigenvalue weighted by molar-refractivity contribution is 7.00. The van der Waals surface area contributed by atoms with Crippen LogP contribution in [0.5, 0.6) is 17.2 Å². The highest BCUT2D eigenvalue weighted by Gasteiger charge is 2.52. The number of ether oxygens (including phenoxy) is 2. The van der Waals surface area contributed by atoms with Crippen molar-refractivity contribution in [3.05, 3.63) is 150 Å². The highest BCUT2D eigenvalue weighted by atomic mass is 28.4. The SMILES string of the molecule is CC(C)(C)[Si](Oc1ccc(OC[C@@H](O)CNCCc2ccc(OC3CCN(C(=O)NCc4ccc(F)cc4)CC3)cc2)cc1)(c1ccccc1)c1ccccc1. The molecule has 10 heteroatoms. The molecule has 1 atom stereocenters. The second kappa shape index (κ2) is 19.1. The first-order chi connectivity index (χ1) is 27.1. The molecule has 0 unspecified atom stereocenters. The average Bonchev–Trinajstić information content (AvgIpc) is 3.22. The zero-order chi connectivity index (χ0) is 39.4. The van der Waals surface area contributed by atoms with Gasteiger partial charge >= 0.3 is 14.3 Å². The lowest BCUT2D eigenvalue weighted by Gasteiger charge is -2.43. The number of aliphatic hydroxyl groups is 1. The molecule has 5 aromatic carbocycles. The lowest BCUT2D eigenvalue weighted by molar-refractivity contribution is 0.106. The van der Waals surface area contributed by atoms with Gasteiger partial charge in [0.1, 0.15) is 41.9 Å². The number of hydrogen-bond acceptors (Lipinski definition) is 6. The summed E-state index contributed by atoms with van der Waals surface area (Å²) in [6.07, 6.45) is 1.71. The molecular weight excluding hydrogens is 722 g/mol. The number of halogens is 1. The van der Waals surface area contributed by atoms with Crippen molar-refractivity contribution in [3.63, 3.8) is 0 Å². The number of nitrogens with zero attached hydrogens (tertiary/aromatic N) is 1. The first-order valence-corrected chi connectivity index (χ1v) is 21.4. The number of urea groups is 1. The number of benzene rings is 5. The zero-order valence-electron chi connectivity index (χ0n) is 32.6. The number of amides is 2. The Morgan fingerprint density at radius 2 is 1.34 bits per heavy atom.